The number of rotatable bonds is 6. The number of nitrogens with one attached hydrogen (secondary N) is 1. The topological polar surface area (TPSA) is 48.5 Å². The number of hydrogen-bond donors (Lipinski definition) is 1. The zero-order valence-corrected chi connectivity index (χ0v) is 21.1. The van der Waals surface area contributed by atoms with Gasteiger partial charge >= 0.3 is 0 Å². The lowest BCUT2D eigenvalue weighted by molar-refractivity contribution is -0.117. The van der Waals surface area contributed by atoms with Gasteiger partial charge in [0.15, 0.2) is 0 Å². The highest BCUT2D eigenvalue weighted by atomic mass is 16.2. The molecule has 2 aliphatic carbocycles. The summed E-state index contributed by atoms with van der Waals surface area (Å²) >= 11 is 0. The van der Waals surface area contributed by atoms with Crippen LogP contribution in [-0.2, 0) is 30.5 Å². The van der Waals surface area contributed by atoms with Gasteiger partial charge < -0.3 is 5.32 Å². The Bertz CT molecular complexity index is 1160. The van der Waals surface area contributed by atoms with E-state index in [1.54, 1.807) is 0 Å². The Hall–Kier alpha value is -3.02. The third kappa shape index (κ3) is 4.82. The third-order valence-corrected chi connectivity index (χ3v) is 8.14. The van der Waals surface area contributed by atoms with Gasteiger partial charge in [-0.25, -0.2) is 0 Å². The number of carbonyl (C=O) groups excluding carboxylic acids is 1. The molecule has 5 heteroatoms. The Morgan fingerprint density at radius 3 is 1.94 bits per heavy atom. The number of aryl methyl sites for hydroxylation is 2. The van der Waals surface area contributed by atoms with Crippen LogP contribution in [0, 0.1) is 0 Å². The predicted octanol–water partition coefficient (Wildman–Crippen LogP) is 4.79. The van der Waals surface area contributed by atoms with E-state index in [2.05, 4.69) is 75.8 Å². The number of fused-ring (bicyclic) bond motifs is 2. The molecule has 186 valence electrons. The second kappa shape index (κ2) is 10.5. The molecule has 0 bridgehead atoms. The lowest BCUT2D eigenvalue weighted by Gasteiger charge is -2.39. The highest BCUT2D eigenvalue weighted by Crippen LogP contribution is 2.36. The van der Waals surface area contributed by atoms with Crippen LogP contribution in [-0.4, -0.2) is 53.4 Å². The van der Waals surface area contributed by atoms with Gasteiger partial charge in [0.1, 0.15) is 0 Å². The second-order valence-electron chi connectivity index (χ2n) is 10.5. The highest BCUT2D eigenvalue weighted by Gasteiger charge is 2.29. The van der Waals surface area contributed by atoms with Crippen LogP contribution in [0.15, 0.2) is 60.7 Å². The fourth-order valence-corrected chi connectivity index (χ4v) is 6.34. The zero-order valence-electron chi connectivity index (χ0n) is 21.1. The van der Waals surface area contributed by atoms with E-state index in [-0.39, 0.29) is 11.9 Å². The quantitative estimate of drug-likeness (QED) is 0.551. The molecule has 0 atom stereocenters. The minimum absolute atomic E-state index is 0.124. The summed E-state index contributed by atoms with van der Waals surface area (Å²) in [7, 11) is 0. The van der Waals surface area contributed by atoms with E-state index < -0.39 is 0 Å². The molecule has 0 spiro atoms. The molecule has 3 aromatic rings. The maximum absolute atomic E-state index is 13.2. The summed E-state index contributed by atoms with van der Waals surface area (Å²) in [4.78, 5) is 23.1. The first kappa shape index (κ1) is 23.4. The van der Waals surface area contributed by atoms with Crippen LogP contribution in [0.4, 0.5) is 5.69 Å². The van der Waals surface area contributed by atoms with Gasteiger partial charge in [-0.1, -0.05) is 60.7 Å². The minimum atomic E-state index is 0.124. The van der Waals surface area contributed by atoms with Gasteiger partial charge in [0.05, 0.1) is 18.3 Å². The molecule has 1 aromatic heterocycles. The monoisotopic (exact) mass is 480 g/mol. The fraction of sp³-hybridized carbons (Fsp3) is 0.419. The fourth-order valence-electron chi connectivity index (χ4n) is 6.34. The van der Waals surface area contributed by atoms with E-state index >= 15 is 0 Å². The Morgan fingerprint density at radius 2 is 1.31 bits per heavy atom. The number of pyridine rings is 1. The van der Waals surface area contributed by atoms with Crippen molar-refractivity contribution in [1.29, 1.82) is 0 Å². The van der Waals surface area contributed by atoms with E-state index in [9.17, 15) is 4.79 Å². The average Bonchev–Trinajstić information content (AvgIpc) is 3.39. The van der Waals surface area contributed by atoms with Crippen molar-refractivity contribution in [3.05, 3.63) is 94.3 Å². The number of benzene rings is 2. The second-order valence-corrected chi connectivity index (χ2v) is 10.5. The molecule has 5 nitrogen and oxygen atoms in total. The van der Waals surface area contributed by atoms with Gasteiger partial charge in [-0.15, -0.1) is 0 Å². The normalized spacial score (nSPS) is 18.1. The smallest absolute Gasteiger partial charge is 0.238 e. The summed E-state index contributed by atoms with van der Waals surface area (Å²) in [5.41, 5.74) is 8.85. The number of piperazine rings is 1. The molecule has 1 saturated heterocycles. The van der Waals surface area contributed by atoms with Crippen molar-refractivity contribution in [1.82, 2.24) is 14.8 Å². The van der Waals surface area contributed by atoms with Gasteiger partial charge in [-0.3, -0.25) is 19.6 Å². The van der Waals surface area contributed by atoms with Gasteiger partial charge in [-0.05, 0) is 67.2 Å². The van der Waals surface area contributed by atoms with Gasteiger partial charge in [0.25, 0.3) is 0 Å². The maximum atomic E-state index is 13.2. The van der Waals surface area contributed by atoms with Crippen molar-refractivity contribution >= 4 is 11.6 Å². The maximum Gasteiger partial charge on any atom is 0.238 e. The molecule has 2 heterocycles. The third-order valence-electron chi connectivity index (χ3n) is 8.14. The predicted molar refractivity (Wildman–Crippen MR) is 144 cm³/mol. The largest absolute Gasteiger partial charge is 0.324 e. The molecule has 1 N–H and O–H groups in total. The lowest BCUT2D eigenvalue weighted by atomic mass is 9.92. The number of anilines is 1. The van der Waals surface area contributed by atoms with Gasteiger partial charge in [0.2, 0.25) is 5.91 Å². The summed E-state index contributed by atoms with van der Waals surface area (Å²) in [5.74, 6) is 0.124. The summed E-state index contributed by atoms with van der Waals surface area (Å²) in [6.45, 7) is 4.15. The summed E-state index contributed by atoms with van der Waals surface area (Å²) in [5, 5.41) is 3.37. The van der Waals surface area contributed by atoms with E-state index in [1.807, 2.05) is 0 Å². The van der Waals surface area contributed by atoms with Crippen LogP contribution in [0.5, 0.6) is 0 Å². The zero-order chi connectivity index (χ0) is 24.3. The van der Waals surface area contributed by atoms with E-state index in [1.165, 1.54) is 46.5 Å². The molecule has 3 aliphatic rings. The first-order valence-electron chi connectivity index (χ1n) is 13.7. The van der Waals surface area contributed by atoms with Crippen molar-refractivity contribution in [3.8, 4) is 0 Å². The van der Waals surface area contributed by atoms with E-state index in [0.29, 0.717) is 6.54 Å². The summed E-state index contributed by atoms with van der Waals surface area (Å²) in [6.07, 6.45) is 7.76. The van der Waals surface area contributed by atoms with Crippen molar-refractivity contribution in [2.45, 2.75) is 51.0 Å². The number of hydrogen-bond acceptors (Lipinski definition) is 4. The molecular formula is C31H36N4O. The average molecular weight is 481 g/mol. The SMILES string of the molecule is O=C(CN1CCN(C(c2ccccc2)c2ccccc2)CC1)Nc1c2c(nc3c1CCC3)CCCC2. The molecule has 6 rings (SSSR count). The molecule has 0 saturated carbocycles. The molecule has 1 amide bonds. The van der Waals surface area contributed by atoms with Crippen LogP contribution in [0.1, 0.15) is 58.9 Å². The minimum Gasteiger partial charge on any atom is -0.324 e. The molecule has 2 aromatic carbocycles. The number of amides is 1. The molecule has 0 unspecified atom stereocenters. The van der Waals surface area contributed by atoms with E-state index in [0.717, 1.165) is 64.0 Å². The lowest BCUT2D eigenvalue weighted by Crippen LogP contribution is -2.49. The first-order chi connectivity index (χ1) is 17.8. The van der Waals surface area contributed by atoms with Crippen LogP contribution >= 0.6 is 0 Å². The highest BCUT2D eigenvalue weighted by molar-refractivity contribution is 5.94. The Morgan fingerprint density at radius 1 is 0.750 bits per heavy atom. The van der Waals surface area contributed by atoms with Crippen LogP contribution in [0.3, 0.4) is 0 Å². The van der Waals surface area contributed by atoms with Gasteiger partial charge in [0, 0.05) is 37.6 Å². The Kier molecular flexibility index (Phi) is 6.84. The number of aromatic nitrogens is 1. The summed E-state index contributed by atoms with van der Waals surface area (Å²) < 4.78 is 0. The van der Waals surface area contributed by atoms with Crippen molar-refractivity contribution in [2.24, 2.45) is 0 Å². The van der Waals surface area contributed by atoms with Crippen LogP contribution < -0.4 is 5.32 Å². The standard InChI is InChI=1S/C31H36N4O/c36-29(33-30-25-14-7-8-16-27(25)32-28-17-9-15-26(28)30)22-34-18-20-35(21-19-34)31(23-10-3-1-4-11-23)24-12-5-2-6-13-24/h1-6,10-13,31H,7-9,14-22H2,(H,32,33,36). The van der Waals surface area contributed by atoms with E-state index in [4.69, 9.17) is 4.98 Å². The van der Waals surface area contributed by atoms with Crippen LogP contribution in [0.2, 0.25) is 0 Å². The molecule has 0 radical (unpaired) electrons. The molecule has 36 heavy (non-hydrogen) atoms. The van der Waals surface area contributed by atoms with Crippen molar-refractivity contribution in [2.75, 3.05) is 38.0 Å². The van der Waals surface area contributed by atoms with Gasteiger partial charge in [-0.2, -0.15) is 0 Å². The summed E-state index contributed by atoms with van der Waals surface area (Å²) in [6, 6.07) is 21.8. The Labute approximate surface area is 214 Å². The van der Waals surface area contributed by atoms with Crippen molar-refractivity contribution in [3.63, 3.8) is 0 Å². The molecular weight excluding hydrogens is 444 g/mol. The number of carbonyl (C=O) groups is 1. The molecule has 1 fully saturated rings. The molecule has 1 aliphatic heterocycles. The van der Waals surface area contributed by atoms with Crippen molar-refractivity contribution < 1.29 is 4.79 Å². The first-order valence-corrected chi connectivity index (χ1v) is 13.7. The van der Waals surface area contributed by atoms with Crippen LogP contribution in [0.25, 0.3) is 0 Å². The number of nitrogens with zero attached hydrogens (tertiary/aromatic N) is 3. The Balaban J connectivity index is 1.12.